The summed E-state index contributed by atoms with van der Waals surface area (Å²) in [5, 5.41) is 17.6. The van der Waals surface area contributed by atoms with Crippen LogP contribution in [0.1, 0.15) is 0 Å². The Kier molecular flexibility index (Phi) is 4.35. The van der Waals surface area contributed by atoms with Crippen LogP contribution in [-0.4, -0.2) is 31.1 Å². The third kappa shape index (κ3) is 2.82. The molecule has 0 unspecified atom stereocenters. The van der Waals surface area contributed by atoms with Gasteiger partial charge in [0, 0.05) is 12.6 Å². The fourth-order valence-electron chi connectivity index (χ4n) is 1.02. The summed E-state index contributed by atoms with van der Waals surface area (Å²) in [6.45, 7) is -0.0632. The summed E-state index contributed by atoms with van der Waals surface area (Å²) in [6, 6.07) is 2.31. The van der Waals surface area contributed by atoms with Crippen molar-refractivity contribution in [3.63, 3.8) is 0 Å². The quantitative estimate of drug-likeness (QED) is 0.575. The van der Waals surface area contributed by atoms with Crippen LogP contribution in [0.15, 0.2) is 12.1 Å². The highest BCUT2D eigenvalue weighted by Gasteiger charge is 2.23. The molecule has 1 rings (SSSR count). The van der Waals surface area contributed by atoms with Crippen molar-refractivity contribution in [3.8, 4) is 5.75 Å². The molecular weight excluding hydrogens is 225 g/mol. The van der Waals surface area contributed by atoms with E-state index in [9.17, 15) is 4.39 Å². The van der Waals surface area contributed by atoms with Gasteiger partial charge in [-0.25, -0.2) is 4.39 Å². The molecule has 0 bridgehead atoms. The summed E-state index contributed by atoms with van der Waals surface area (Å²) in [5.41, 5.74) is -0.412. The second-order valence-corrected chi connectivity index (χ2v) is 3.08. The number of rotatable bonds is 4. The van der Waals surface area contributed by atoms with Gasteiger partial charge in [0.15, 0.2) is 6.79 Å². The SMILES string of the molecule is COCOc1ccc(F)c(B(O)O)c1Cl. The van der Waals surface area contributed by atoms with Crippen molar-refractivity contribution in [2.75, 3.05) is 13.9 Å². The molecular formula is C8H9BClFO4. The fourth-order valence-corrected chi connectivity index (χ4v) is 1.33. The molecule has 0 spiro atoms. The average molecular weight is 234 g/mol. The lowest BCUT2D eigenvalue weighted by Gasteiger charge is -2.10. The number of methoxy groups -OCH3 is 1. The van der Waals surface area contributed by atoms with E-state index in [4.69, 9.17) is 26.4 Å². The molecule has 0 atom stereocenters. The number of benzene rings is 1. The highest BCUT2D eigenvalue weighted by molar-refractivity contribution is 6.63. The smallest absolute Gasteiger partial charge is 0.466 e. The predicted octanol–water partition coefficient (Wildman–Crippen LogP) is 0.142. The Hall–Kier alpha value is -0.815. The van der Waals surface area contributed by atoms with E-state index in [2.05, 4.69) is 4.74 Å². The summed E-state index contributed by atoms with van der Waals surface area (Å²) in [6.07, 6.45) is 0. The van der Waals surface area contributed by atoms with E-state index in [0.717, 1.165) is 6.07 Å². The first-order valence-corrected chi connectivity index (χ1v) is 4.41. The minimum atomic E-state index is -1.98. The minimum absolute atomic E-state index is 0.0632. The first-order valence-electron chi connectivity index (χ1n) is 4.03. The normalized spacial score (nSPS) is 10.2. The van der Waals surface area contributed by atoms with Crippen LogP contribution in [0.3, 0.4) is 0 Å². The maximum atomic E-state index is 13.1. The lowest BCUT2D eigenvalue weighted by atomic mass is 9.79. The van der Waals surface area contributed by atoms with Crippen molar-refractivity contribution in [3.05, 3.63) is 23.0 Å². The van der Waals surface area contributed by atoms with Crippen LogP contribution in [-0.2, 0) is 4.74 Å². The van der Waals surface area contributed by atoms with Crippen LogP contribution in [0.25, 0.3) is 0 Å². The van der Waals surface area contributed by atoms with Gasteiger partial charge in [0.25, 0.3) is 0 Å². The molecule has 1 aromatic carbocycles. The fraction of sp³-hybridized carbons (Fsp3) is 0.250. The van der Waals surface area contributed by atoms with E-state index >= 15 is 0 Å². The van der Waals surface area contributed by atoms with Crippen molar-refractivity contribution < 1.29 is 23.9 Å². The Morgan fingerprint density at radius 1 is 1.47 bits per heavy atom. The zero-order valence-electron chi connectivity index (χ0n) is 7.91. The molecule has 0 aliphatic carbocycles. The summed E-state index contributed by atoms with van der Waals surface area (Å²) in [7, 11) is -0.567. The van der Waals surface area contributed by atoms with Crippen LogP contribution >= 0.6 is 11.6 Å². The number of hydrogen-bond donors (Lipinski definition) is 2. The molecule has 0 fully saturated rings. The zero-order chi connectivity index (χ0) is 11.4. The van der Waals surface area contributed by atoms with Gasteiger partial charge in [-0.05, 0) is 12.1 Å². The van der Waals surface area contributed by atoms with E-state index < -0.39 is 18.4 Å². The van der Waals surface area contributed by atoms with Gasteiger partial charge in [-0.3, -0.25) is 0 Å². The molecule has 15 heavy (non-hydrogen) atoms. The zero-order valence-corrected chi connectivity index (χ0v) is 8.66. The minimum Gasteiger partial charge on any atom is -0.466 e. The average Bonchev–Trinajstić information content (AvgIpc) is 2.16. The molecule has 0 aromatic heterocycles. The highest BCUT2D eigenvalue weighted by atomic mass is 35.5. The maximum absolute atomic E-state index is 13.1. The molecule has 2 N–H and O–H groups in total. The number of halogens is 2. The van der Waals surface area contributed by atoms with Crippen molar-refractivity contribution in [2.45, 2.75) is 0 Å². The van der Waals surface area contributed by atoms with Gasteiger partial charge >= 0.3 is 7.12 Å². The van der Waals surface area contributed by atoms with Gasteiger partial charge in [0.2, 0.25) is 0 Å². The summed E-state index contributed by atoms with van der Waals surface area (Å²) < 4.78 is 22.7. The van der Waals surface area contributed by atoms with E-state index in [1.165, 1.54) is 13.2 Å². The van der Waals surface area contributed by atoms with Crippen molar-refractivity contribution in [1.82, 2.24) is 0 Å². The molecule has 1 aromatic rings. The molecule has 0 saturated carbocycles. The number of ether oxygens (including phenoxy) is 2. The monoisotopic (exact) mass is 234 g/mol. The van der Waals surface area contributed by atoms with E-state index in [1.54, 1.807) is 0 Å². The molecule has 0 aliphatic rings. The van der Waals surface area contributed by atoms with Gasteiger partial charge in [-0.15, -0.1) is 0 Å². The van der Waals surface area contributed by atoms with E-state index in [1.807, 2.05) is 0 Å². The van der Waals surface area contributed by atoms with Crippen LogP contribution in [0.2, 0.25) is 5.02 Å². The Morgan fingerprint density at radius 3 is 2.67 bits per heavy atom. The Morgan fingerprint density at radius 2 is 2.13 bits per heavy atom. The van der Waals surface area contributed by atoms with Crippen LogP contribution < -0.4 is 10.2 Å². The lowest BCUT2D eigenvalue weighted by Crippen LogP contribution is -2.34. The van der Waals surface area contributed by atoms with Crippen LogP contribution in [0.4, 0.5) is 4.39 Å². The summed E-state index contributed by atoms with van der Waals surface area (Å²) >= 11 is 5.70. The first-order chi connectivity index (χ1) is 7.07. The first kappa shape index (κ1) is 12.3. The van der Waals surface area contributed by atoms with Gasteiger partial charge in [-0.2, -0.15) is 0 Å². The molecule has 82 valence electrons. The van der Waals surface area contributed by atoms with Crippen LogP contribution in [0, 0.1) is 5.82 Å². The Balaban J connectivity index is 3.05. The van der Waals surface area contributed by atoms with E-state index in [-0.39, 0.29) is 17.6 Å². The van der Waals surface area contributed by atoms with Crippen molar-refractivity contribution >= 4 is 24.2 Å². The van der Waals surface area contributed by atoms with Gasteiger partial charge in [-0.1, -0.05) is 11.6 Å². The van der Waals surface area contributed by atoms with Crippen LogP contribution in [0.5, 0.6) is 5.75 Å². The van der Waals surface area contributed by atoms with Gasteiger partial charge < -0.3 is 19.5 Å². The molecule has 4 nitrogen and oxygen atoms in total. The number of hydrogen-bond acceptors (Lipinski definition) is 4. The second-order valence-electron chi connectivity index (χ2n) is 2.70. The second kappa shape index (κ2) is 5.32. The third-order valence-electron chi connectivity index (χ3n) is 1.68. The third-order valence-corrected chi connectivity index (χ3v) is 2.07. The molecule has 0 amide bonds. The lowest BCUT2D eigenvalue weighted by molar-refractivity contribution is 0.0512. The van der Waals surface area contributed by atoms with Crippen molar-refractivity contribution in [1.29, 1.82) is 0 Å². The Labute approximate surface area is 91.3 Å². The standard InChI is InChI=1S/C8H9BClFO4/c1-14-4-15-6-3-2-5(11)7(8(6)10)9(12)13/h2-3,12-13H,4H2,1H3. The maximum Gasteiger partial charge on any atom is 0.493 e. The van der Waals surface area contributed by atoms with Gasteiger partial charge in [0.1, 0.15) is 11.6 Å². The van der Waals surface area contributed by atoms with E-state index in [0.29, 0.717) is 0 Å². The molecule has 0 heterocycles. The molecule has 0 radical (unpaired) electrons. The summed E-state index contributed by atoms with van der Waals surface area (Å²) in [5.74, 6) is -0.678. The molecule has 0 saturated heterocycles. The highest BCUT2D eigenvalue weighted by Crippen LogP contribution is 2.23. The van der Waals surface area contributed by atoms with Gasteiger partial charge in [0.05, 0.1) is 5.02 Å². The molecule has 0 aliphatic heterocycles. The van der Waals surface area contributed by atoms with Crippen molar-refractivity contribution in [2.24, 2.45) is 0 Å². The predicted molar refractivity (Wildman–Crippen MR) is 53.7 cm³/mol. The largest absolute Gasteiger partial charge is 0.493 e. The molecule has 7 heteroatoms. The topological polar surface area (TPSA) is 58.9 Å². The summed E-state index contributed by atoms with van der Waals surface area (Å²) in [4.78, 5) is 0. The Bertz CT molecular complexity index is 348.